The fourth-order valence-corrected chi connectivity index (χ4v) is 1.28. The highest BCUT2D eigenvalue weighted by atomic mass is 19.4. The zero-order valence-corrected chi connectivity index (χ0v) is 12.1. The van der Waals surface area contributed by atoms with Crippen molar-refractivity contribution in [1.82, 2.24) is 0 Å². The van der Waals surface area contributed by atoms with Crippen LogP contribution in [-0.4, -0.2) is 30.9 Å². The van der Waals surface area contributed by atoms with E-state index in [1.165, 1.54) is 24.3 Å². The van der Waals surface area contributed by atoms with Gasteiger partial charge in [0.2, 0.25) is 5.91 Å². The van der Waals surface area contributed by atoms with Gasteiger partial charge >= 0.3 is 6.18 Å². The lowest BCUT2D eigenvalue weighted by Gasteiger charge is -2.19. The third-order valence-electron chi connectivity index (χ3n) is 2.18. The summed E-state index contributed by atoms with van der Waals surface area (Å²) in [5.41, 5.74) is 0.0315. The third-order valence-corrected chi connectivity index (χ3v) is 2.18. The van der Waals surface area contributed by atoms with Crippen LogP contribution in [0, 0.1) is 0 Å². The van der Waals surface area contributed by atoms with E-state index >= 15 is 0 Å². The molecule has 1 amide bonds. The predicted molar refractivity (Wildman–Crippen MR) is 72.3 cm³/mol. The van der Waals surface area contributed by atoms with Gasteiger partial charge in [-0.2, -0.15) is 13.2 Å². The van der Waals surface area contributed by atoms with E-state index in [2.05, 4.69) is 10.1 Å². The van der Waals surface area contributed by atoms with E-state index in [4.69, 9.17) is 4.74 Å². The van der Waals surface area contributed by atoms with Gasteiger partial charge in [0.15, 0.2) is 6.61 Å². The molecule has 0 fully saturated rings. The number of hydrogen-bond acceptors (Lipinski definition) is 3. The second kappa shape index (κ2) is 6.80. The second-order valence-electron chi connectivity index (χ2n) is 5.38. The zero-order valence-electron chi connectivity index (χ0n) is 12.1. The number of benzene rings is 1. The molecule has 21 heavy (non-hydrogen) atoms. The van der Waals surface area contributed by atoms with Crippen LogP contribution in [0.2, 0.25) is 0 Å². The number of anilines is 1. The molecule has 0 unspecified atom stereocenters. The van der Waals surface area contributed by atoms with Crippen LogP contribution < -0.4 is 10.1 Å². The van der Waals surface area contributed by atoms with Gasteiger partial charge in [-0.05, 0) is 45.0 Å². The SMILES string of the molecule is CC(C)(C)OCC(=O)Nc1ccc(OCC(F)(F)F)cc1. The molecule has 7 heteroatoms. The molecule has 1 rings (SSSR count). The molecule has 0 aliphatic carbocycles. The summed E-state index contributed by atoms with van der Waals surface area (Å²) in [6, 6.07) is 5.62. The summed E-state index contributed by atoms with van der Waals surface area (Å²) in [5, 5.41) is 2.57. The van der Waals surface area contributed by atoms with Crippen LogP contribution in [0.15, 0.2) is 24.3 Å². The van der Waals surface area contributed by atoms with E-state index < -0.39 is 18.4 Å². The van der Waals surface area contributed by atoms with Gasteiger partial charge in [-0.25, -0.2) is 0 Å². The van der Waals surface area contributed by atoms with Crippen molar-refractivity contribution in [2.45, 2.75) is 32.5 Å². The number of rotatable bonds is 5. The number of ether oxygens (including phenoxy) is 2. The fourth-order valence-electron chi connectivity index (χ4n) is 1.28. The molecule has 1 aromatic carbocycles. The molecule has 0 bridgehead atoms. The van der Waals surface area contributed by atoms with E-state index in [0.29, 0.717) is 5.69 Å². The van der Waals surface area contributed by atoms with E-state index in [1.54, 1.807) is 0 Å². The van der Waals surface area contributed by atoms with Gasteiger partial charge in [0, 0.05) is 5.69 Å². The highest BCUT2D eigenvalue weighted by molar-refractivity contribution is 5.91. The first-order valence-corrected chi connectivity index (χ1v) is 6.29. The Labute approximate surface area is 121 Å². The molecule has 4 nitrogen and oxygen atoms in total. The number of halogens is 3. The number of amides is 1. The first kappa shape index (κ1) is 17.3. The molecule has 0 aromatic heterocycles. The minimum Gasteiger partial charge on any atom is -0.484 e. The summed E-state index contributed by atoms with van der Waals surface area (Å²) in [6.45, 7) is 4.03. The zero-order chi connectivity index (χ0) is 16.1. The maximum Gasteiger partial charge on any atom is 0.422 e. The first-order valence-electron chi connectivity index (χ1n) is 6.29. The monoisotopic (exact) mass is 305 g/mol. The van der Waals surface area contributed by atoms with E-state index in [-0.39, 0.29) is 18.3 Å². The highest BCUT2D eigenvalue weighted by Crippen LogP contribution is 2.20. The average Bonchev–Trinajstić information content (AvgIpc) is 2.34. The Morgan fingerprint density at radius 3 is 2.19 bits per heavy atom. The molecule has 0 atom stereocenters. The van der Waals surface area contributed by atoms with Gasteiger partial charge in [0.05, 0.1) is 5.60 Å². The van der Waals surface area contributed by atoms with Crippen LogP contribution in [0.4, 0.5) is 18.9 Å². The average molecular weight is 305 g/mol. The second-order valence-corrected chi connectivity index (χ2v) is 5.38. The molecule has 0 saturated heterocycles. The minimum absolute atomic E-state index is 0.0799. The molecule has 0 spiro atoms. The van der Waals surface area contributed by atoms with Crippen molar-refractivity contribution >= 4 is 11.6 Å². The lowest BCUT2D eigenvalue weighted by Crippen LogP contribution is -2.27. The topological polar surface area (TPSA) is 47.6 Å². The summed E-state index contributed by atoms with van der Waals surface area (Å²) in [7, 11) is 0. The third kappa shape index (κ3) is 8.19. The van der Waals surface area contributed by atoms with Crippen LogP contribution in [-0.2, 0) is 9.53 Å². The lowest BCUT2D eigenvalue weighted by atomic mass is 10.2. The Bertz CT molecular complexity index is 464. The summed E-state index contributed by atoms with van der Waals surface area (Å²) < 4.78 is 45.8. The molecule has 1 aromatic rings. The van der Waals surface area contributed by atoms with E-state index in [0.717, 1.165) is 0 Å². The van der Waals surface area contributed by atoms with E-state index in [9.17, 15) is 18.0 Å². The smallest absolute Gasteiger partial charge is 0.422 e. The molecule has 0 aliphatic rings. The van der Waals surface area contributed by atoms with Gasteiger partial charge in [-0.3, -0.25) is 4.79 Å². The summed E-state index contributed by atoms with van der Waals surface area (Å²) in [4.78, 5) is 11.6. The summed E-state index contributed by atoms with van der Waals surface area (Å²) in [5.74, 6) is -0.259. The Balaban J connectivity index is 2.45. The number of alkyl halides is 3. The number of carbonyl (C=O) groups is 1. The lowest BCUT2D eigenvalue weighted by molar-refractivity contribution is -0.153. The maximum absolute atomic E-state index is 12.0. The van der Waals surface area contributed by atoms with Gasteiger partial charge in [-0.1, -0.05) is 0 Å². The minimum atomic E-state index is -4.38. The van der Waals surface area contributed by atoms with Gasteiger partial charge in [-0.15, -0.1) is 0 Å². The van der Waals surface area contributed by atoms with Crippen LogP contribution in [0.5, 0.6) is 5.75 Å². The van der Waals surface area contributed by atoms with E-state index in [1.807, 2.05) is 20.8 Å². The Morgan fingerprint density at radius 2 is 1.71 bits per heavy atom. The van der Waals surface area contributed by atoms with Crippen molar-refractivity contribution in [3.8, 4) is 5.75 Å². The van der Waals surface area contributed by atoms with Gasteiger partial charge in [0.25, 0.3) is 0 Å². The Kier molecular flexibility index (Phi) is 5.60. The first-order chi connectivity index (χ1) is 9.55. The quantitative estimate of drug-likeness (QED) is 0.907. The number of carbonyl (C=O) groups excluding carboxylic acids is 1. The van der Waals surface area contributed by atoms with Crippen molar-refractivity contribution < 1.29 is 27.4 Å². The van der Waals surface area contributed by atoms with Crippen LogP contribution >= 0.6 is 0 Å². The largest absolute Gasteiger partial charge is 0.484 e. The summed E-state index contributed by atoms with van der Waals surface area (Å²) >= 11 is 0. The molecule has 118 valence electrons. The number of nitrogens with one attached hydrogen (secondary N) is 1. The number of hydrogen-bond donors (Lipinski definition) is 1. The standard InChI is InChI=1S/C14H18F3NO3/c1-13(2,3)21-8-12(19)18-10-4-6-11(7-5-10)20-9-14(15,16)17/h4-7H,8-9H2,1-3H3,(H,18,19). The molecule has 0 saturated carbocycles. The molecule has 0 heterocycles. The predicted octanol–water partition coefficient (Wildman–Crippen LogP) is 3.38. The van der Waals surface area contributed by atoms with Crippen molar-refractivity contribution in [2.75, 3.05) is 18.5 Å². The molecule has 0 aliphatic heterocycles. The fraction of sp³-hybridized carbons (Fsp3) is 0.500. The van der Waals surface area contributed by atoms with Gasteiger partial charge < -0.3 is 14.8 Å². The molecule has 0 radical (unpaired) electrons. The van der Waals surface area contributed by atoms with Crippen molar-refractivity contribution in [1.29, 1.82) is 0 Å². The van der Waals surface area contributed by atoms with Crippen LogP contribution in [0.3, 0.4) is 0 Å². The van der Waals surface area contributed by atoms with Gasteiger partial charge in [0.1, 0.15) is 12.4 Å². The van der Waals surface area contributed by atoms with Crippen molar-refractivity contribution in [3.63, 3.8) is 0 Å². The van der Waals surface area contributed by atoms with Crippen LogP contribution in [0.25, 0.3) is 0 Å². The maximum atomic E-state index is 12.0. The Hall–Kier alpha value is -1.76. The summed E-state index contributed by atoms with van der Waals surface area (Å²) in [6.07, 6.45) is -4.38. The van der Waals surface area contributed by atoms with Crippen molar-refractivity contribution in [2.24, 2.45) is 0 Å². The molecular weight excluding hydrogens is 287 g/mol. The van der Waals surface area contributed by atoms with Crippen molar-refractivity contribution in [3.05, 3.63) is 24.3 Å². The molecule has 1 N–H and O–H groups in total. The molecular formula is C14H18F3NO3. The highest BCUT2D eigenvalue weighted by Gasteiger charge is 2.28. The normalized spacial score (nSPS) is 12.1. The Morgan fingerprint density at radius 1 is 1.14 bits per heavy atom. The van der Waals surface area contributed by atoms with Crippen LogP contribution in [0.1, 0.15) is 20.8 Å².